The van der Waals surface area contributed by atoms with E-state index in [4.69, 9.17) is 4.74 Å². The molecular weight excluding hydrogens is 369 g/mol. The summed E-state index contributed by atoms with van der Waals surface area (Å²) < 4.78 is 20.5. The zero-order valence-electron chi connectivity index (χ0n) is 12.0. The average molecular weight is 380 g/mol. The second kappa shape index (κ2) is 4.89. The van der Waals surface area contributed by atoms with Crippen LogP contribution in [0.2, 0.25) is 0 Å². The standard InChI is InChI=1S/C15H11BrFN3O3/c1-20-13-12(14(21)19-20)10(6-2-3-8(17)7(16)4-6)11-9(18-13)5-23-15(11)22/h2-4,10-11H,5H2,1H3,(H,19,21). The van der Waals surface area contributed by atoms with Crippen molar-refractivity contribution in [2.75, 3.05) is 6.61 Å². The van der Waals surface area contributed by atoms with Crippen LogP contribution in [0.1, 0.15) is 17.0 Å². The van der Waals surface area contributed by atoms with Crippen molar-refractivity contribution >= 4 is 33.4 Å². The van der Waals surface area contributed by atoms with Crippen molar-refractivity contribution in [3.63, 3.8) is 0 Å². The van der Waals surface area contributed by atoms with Gasteiger partial charge in [0.05, 0.1) is 15.7 Å². The van der Waals surface area contributed by atoms with Gasteiger partial charge >= 0.3 is 5.97 Å². The molecule has 0 radical (unpaired) electrons. The number of benzene rings is 1. The number of ether oxygens (including phenoxy) is 1. The minimum atomic E-state index is -0.650. The summed E-state index contributed by atoms with van der Waals surface area (Å²) in [5.74, 6) is -1.54. The summed E-state index contributed by atoms with van der Waals surface area (Å²) >= 11 is 3.15. The van der Waals surface area contributed by atoms with Gasteiger partial charge in [-0.25, -0.2) is 9.38 Å². The maximum absolute atomic E-state index is 13.6. The fraction of sp³-hybridized carbons (Fsp3) is 0.267. The van der Waals surface area contributed by atoms with E-state index >= 15 is 0 Å². The highest BCUT2D eigenvalue weighted by molar-refractivity contribution is 9.10. The lowest BCUT2D eigenvalue weighted by Crippen LogP contribution is -2.30. The van der Waals surface area contributed by atoms with Gasteiger partial charge in [0, 0.05) is 13.0 Å². The van der Waals surface area contributed by atoms with E-state index in [1.165, 1.54) is 10.7 Å². The molecule has 1 fully saturated rings. The Labute approximate surface area is 138 Å². The largest absolute Gasteiger partial charge is 0.459 e. The summed E-state index contributed by atoms with van der Waals surface area (Å²) in [7, 11) is 1.68. The highest BCUT2D eigenvalue weighted by Gasteiger charge is 2.46. The predicted molar refractivity (Wildman–Crippen MR) is 83.5 cm³/mol. The summed E-state index contributed by atoms with van der Waals surface area (Å²) in [6.45, 7) is 0.112. The lowest BCUT2D eigenvalue weighted by Gasteiger charge is -2.24. The molecule has 6 nitrogen and oxygen atoms in total. The third-order valence-electron chi connectivity index (χ3n) is 4.24. The Hall–Kier alpha value is -2.22. The van der Waals surface area contributed by atoms with Crippen LogP contribution in [0.5, 0.6) is 0 Å². The molecule has 0 bridgehead atoms. The molecule has 3 heterocycles. The summed E-state index contributed by atoms with van der Waals surface area (Å²) in [5, 5.41) is 2.66. The Kier molecular flexibility index (Phi) is 3.06. The van der Waals surface area contributed by atoms with Gasteiger partial charge in [0.2, 0.25) is 0 Å². The molecule has 2 aliphatic heterocycles. The van der Waals surface area contributed by atoms with Crippen LogP contribution in [0.4, 0.5) is 10.2 Å². The Balaban J connectivity index is 1.99. The third kappa shape index (κ3) is 2.01. The van der Waals surface area contributed by atoms with Gasteiger partial charge in [0.15, 0.2) is 5.82 Å². The van der Waals surface area contributed by atoms with E-state index in [1.807, 2.05) is 0 Å². The minimum absolute atomic E-state index is 0.112. The normalized spacial score (nSPS) is 22.4. The Morgan fingerprint density at radius 3 is 2.91 bits per heavy atom. The molecular formula is C15H11BrFN3O3. The van der Waals surface area contributed by atoms with Gasteiger partial charge in [-0.2, -0.15) is 0 Å². The molecule has 1 saturated heterocycles. The molecule has 2 atom stereocenters. The Morgan fingerprint density at radius 2 is 2.17 bits per heavy atom. The van der Waals surface area contributed by atoms with Crippen molar-refractivity contribution in [1.82, 2.24) is 9.78 Å². The summed E-state index contributed by atoms with van der Waals surface area (Å²) in [4.78, 5) is 28.9. The van der Waals surface area contributed by atoms with Crippen molar-refractivity contribution < 1.29 is 13.9 Å². The van der Waals surface area contributed by atoms with E-state index in [2.05, 4.69) is 26.0 Å². The second-order valence-electron chi connectivity index (χ2n) is 5.58. The quantitative estimate of drug-likeness (QED) is 0.769. The number of fused-ring (bicyclic) bond motifs is 2. The number of carbonyl (C=O) groups excluding carboxylic acids is 1. The maximum atomic E-state index is 13.6. The van der Waals surface area contributed by atoms with Gasteiger partial charge in [0.25, 0.3) is 5.56 Å². The molecule has 1 N–H and O–H groups in total. The maximum Gasteiger partial charge on any atom is 0.316 e. The lowest BCUT2D eigenvalue weighted by molar-refractivity contribution is -0.141. The van der Waals surface area contributed by atoms with Gasteiger partial charge in [-0.15, -0.1) is 0 Å². The molecule has 2 unspecified atom stereocenters. The summed E-state index contributed by atoms with van der Waals surface area (Å²) in [6, 6.07) is 4.47. The Bertz CT molecular complexity index is 931. The van der Waals surface area contributed by atoms with Crippen LogP contribution in [-0.4, -0.2) is 28.1 Å². The van der Waals surface area contributed by atoms with Crippen molar-refractivity contribution in [3.8, 4) is 0 Å². The number of rotatable bonds is 1. The van der Waals surface area contributed by atoms with Crippen LogP contribution in [0.25, 0.3) is 0 Å². The molecule has 1 aromatic carbocycles. The Morgan fingerprint density at radius 1 is 1.39 bits per heavy atom. The van der Waals surface area contributed by atoms with Crippen molar-refractivity contribution in [2.24, 2.45) is 18.0 Å². The predicted octanol–water partition coefficient (Wildman–Crippen LogP) is 2.01. The van der Waals surface area contributed by atoms with Gasteiger partial charge < -0.3 is 4.74 Å². The average Bonchev–Trinajstić information content (AvgIpc) is 3.02. The molecule has 2 aromatic rings. The van der Waals surface area contributed by atoms with Gasteiger partial charge in [-0.3, -0.25) is 19.4 Å². The van der Waals surface area contributed by atoms with Crippen LogP contribution >= 0.6 is 15.9 Å². The van der Waals surface area contributed by atoms with Crippen molar-refractivity contribution in [3.05, 3.63) is 50.0 Å². The zero-order valence-corrected chi connectivity index (χ0v) is 13.6. The van der Waals surface area contributed by atoms with Crippen LogP contribution in [0, 0.1) is 11.7 Å². The van der Waals surface area contributed by atoms with E-state index in [1.54, 1.807) is 19.2 Å². The first-order chi connectivity index (χ1) is 11.0. The zero-order chi connectivity index (χ0) is 16.3. The number of aromatic amines is 1. The first-order valence-corrected chi connectivity index (χ1v) is 7.74. The fourth-order valence-corrected chi connectivity index (χ4v) is 3.62. The second-order valence-corrected chi connectivity index (χ2v) is 6.43. The molecule has 0 saturated carbocycles. The van der Waals surface area contributed by atoms with E-state index in [-0.39, 0.29) is 16.6 Å². The van der Waals surface area contributed by atoms with Crippen LogP contribution in [0.3, 0.4) is 0 Å². The van der Waals surface area contributed by atoms with Gasteiger partial charge in [0.1, 0.15) is 18.3 Å². The number of hydrogen-bond acceptors (Lipinski definition) is 4. The van der Waals surface area contributed by atoms with Crippen molar-refractivity contribution in [2.45, 2.75) is 5.92 Å². The number of carbonyl (C=O) groups is 1. The monoisotopic (exact) mass is 379 g/mol. The molecule has 8 heteroatoms. The first kappa shape index (κ1) is 14.4. The summed E-state index contributed by atoms with van der Waals surface area (Å²) in [5.41, 5.74) is 1.34. The number of nitrogens with zero attached hydrogens (tertiary/aromatic N) is 2. The highest BCUT2D eigenvalue weighted by atomic mass is 79.9. The number of hydrogen-bond donors (Lipinski definition) is 1. The molecule has 0 amide bonds. The van der Waals surface area contributed by atoms with E-state index in [0.29, 0.717) is 22.7 Å². The van der Waals surface area contributed by atoms with Crippen LogP contribution in [-0.2, 0) is 16.6 Å². The first-order valence-electron chi connectivity index (χ1n) is 6.95. The fourth-order valence-electron chi connectivity index (χ4n) is 3.22. The van der Waals surface area contributed by atoms with Gasteiger partial charge in [-0.05, 0) is 33.6 Å². The smallest absolute Gasteiger partial charge is 0.316 e. The molecule has 1 aromatic heterocycles. The van der Waals surface area contributed by atoms with E-state index < -0.39 is 23.6 Å². The number of cyclic esters (lactones) is 1. The number of aryl methyl sites for hydroxylation is 1. The number of aliphatic imine (C=N–C) groups is 1. The van der Waals surface area contributed by atoms with Crippen LogP contribution in [0.15, 0.2) is 32.5 Å². The molecule has 23 heavy (non-hydrogen) atoms. The molecule has 0 aliphatic carbocycles. The molecule has 0 spiro atoms. The number of halogens is 2. The molecule has 4 rings (SSSR count). The van der Waals surface area contributed by atoms with Crippen molar-refractivity contribution in [1.29, 1.82) is 0 Å². The molecule has 2 aliphatic rings. The van der Waals surface area contributed by atoms with Crippen LogP contribution < -0.4 is 5.56 Å². The van der Waals surface area contributed by atoms with E-state index in [0.717, 1.165) is 0 Å². The molecule has 118 valence electrons. The number of H-pyrrole nitrogens is 1. The van der Waals surface area contributed by atoms with E-state index in [9.17, 15) is 14.0 Å². The van der Waals surface area contributed by atoms with Gasteiger partial charge in [-0.1, -0.05) is 6.07 Å². The number of esters is 1. The summed E-state index contributed by atoms with van der Waals surface area (Å²) in [6.07, 6.45) is 0. The third-order valence-corrected chi connectivity index (χ3v) is 4.85. The topological polar surface area (TPSA) is 76.4 Å². The SMILES string of the molecule is Cn1[nH]c(=O)c2c1N=C1COC(=O)C1C2c1ccc(F)c(Br)c1. The minimum Gasteiger partial charge on any atom is -0.459 e. The highest BCUT2D eigenvalue weighted by Crippen LogP contribution is 2.43. The lowest BCUT2D eigenvalue weighted by atomic mass is 9.78. The number of aromatic nitrogens is 2. The number of nitrogens with one attached hydrogen (secondary N) is 1.